The molecule has 0 atom stereocenters. The Kier molecular flexibility index (Phi) is 6.47. The van der Waals surface area contributed by atoms with Gasteiger partial charge in [0.15, 0.2) is 0 Å². The maximum atomic E-state index is 12.4. The highest BCUT2D eigenvalue weighted by atomic mass is 16.5. The number of rotatable bonds is 6. The first-order valence-electron chi connectivity index (χ1n) is 9.52. The third-order valence-corrected chi connectivity index (χ3v) is 4.84. The van der Waals surface area contributed by atoms with Gasteiger partial charge in [0, 0.05) is 31.5 Å². The highest BCUT2D eigenvalue weighted by Gasteiger charge is 2.24. The molecule has 1 saturated heterocycles. The Balaban J connectivity index is 1.43. The molecule has 2 amide bonds. The lowest BCUT2D eigenvalue weighted by atomic mass is 10.1. The lowest BCUT2D eigenvalue weighted by Gasteiger charge is -2.32. The van der Waals surface area contributed by atoms with E-state index in [0.717, 1.165) is 25.0 Å². The summed E-state index contributed by atoms with van der Waals surface area (Å²) in [7, 11) is 0. The molecule has 5 nitrogen and oxygen atoms in total. The summed E-state index contributed by atoms with van der Waals surface area (Å²) < 4.78 is 6.07. The van der Waals surface area contributed by atoms with Crippen molar-refractivity contribution in [3.63, 3.8) is 0 Å². The Labute approximate surface area is 160 Å². The number of hydrogen-bond acceptors (Lipinski definition) is 3. The summed E-state index contributed by atoms with van der Waals surface area (Å²) in [4.78, 5) is 26.2. The van der Waals surface area contributed by atoms with Crippen molar-refractivity contribution >= 4 is 11.8 Å². The molecule has 1 N–H and O–H groups in total. The number of ether oxygens (including phenoxy) is 1. The predicted octanol–water partition coefficient (Wildman–Crippen LogP) is 3.05. The minimum atomic E-state index is -0.224. The number of carbonyl (C=O) groups excluding carboxylic acids is 2. The van der Waals surface area contributed by atoms with E-state index in [1.54, 1.807) is 29.2 Å². The van der Waals surface area contributed by atoms with Gasteiger partial charge in [-0.05, 0) is 36.2 Å². The van der Waals surface area contributed by atoms with Gasteiger partial charge in [-0.1, -0.05) is 37.3 Å². The highest BCUT2D eigenvalue weighted by Crippen LogP contribution is 2.20. The molecule has 1 aliphatic rings. The summed E-state index contributed by atoms with van der Waals surface area (Å²) in [5, 5.41) is 2.70. The monoisotopic (exact) mass is 366 g/mol. The molecular formula is C22H26N2O3. The van der Waals surface area contributed by atoms with E-state index in [4.69, 9.17) is 4.74 Å². The van der Waals surface area contributed by atoms with Gasteiger partial charge in [-0.2, -0.15) is 0 Å². The fraction of sp³-hybridized carbons (Fsp3) is 0.364. The molecule has 0 aromatic heterocycles. The minimum absolute atomic E-state index is 0.0256. The van der Waals surface area contributed by atoms with Gasteiger partial charge in [0.05, 0.1) is 6.54 Å². The van der Waals surface area contributed by atoms with Crippen LogP contribution in [0.4, 0.5) is 0 Å². The Bertz CT molecular complexity index is 768. The largest absolute Gasteiger partial charge is 0.490 e. The molecular weight excluding hydrogens is 340 g/mol. The van der Waals surface area contributed by atoms with Crippen molar-refractivity contribution in [2.45, 2.75) is 32.3 Å². The van der Waals surface area contributed by atoms with Crippen LogP contribution in [0.3, 0.4) is 0 Å². The van der Waals surface area contributed by atoms with Crippen molar-refractivity contribution in [2.24, 2.45) is 0 Å². The predicted molar refractivity (Wildman–Crippen MR) is 105 cm³/mol. The number of carbonyl (C=O) groups is 2. The van der Waals surface area contributed by atoms with Crippen molar-refractivity contribution < 1.29 is 14.3 Å². The minimum Gasteiger partial charge on any atom is -0.490 e. The Morgan fingerprint density at radius 2 is 1.81 bits per heavy atom. The molecule has 0 bridgehead atoms. The Hall–Kier alpha value is -2.82. The number of hydrogen-bond donors (Lipinski definition) is 1. The maximum absolute atomic E-state index is 12.4. The molecule has 0 spiro atoms. The van der Waals surface area contributed by atoms with Crippen LogP contribution in [0.5, 0.6) is 5.75 Å². The van der Waals surface area contributed by atoms with Gasteiger partial charge < -0.3 is 15.0 Å². The van der Waals surface area contributed by atoms with Crippen LogP contribution in [0.25, 0.3) is 0 Å². The fourth-order valence-corrected chi connectivity index (χ4v) is 3.21. The van der Waals surface area contributed by atoms with Gasteiger partial charge in [0.25, 0.3) is 5.91 Å². The zero-order valence-corrected chi connectivity index (χ0v) is 15.7. The molecule has 3 rings (SSSR count). The van der Waals surface area contributed by atoms with Crippen molar-refractivity contribution in [1.82, 2.24) is 10.2 Å². The van der Waals surface area contributed by atoms with Crippen LogP contribution in [0, 0.1) is 0 Å². The van der Waals surface area contributed by atoms with E-state index >= 15 is 0 Å². The zero-order valence-electron chi connectivity index (χ0n) is 15.7. The average molecular weight is 366 g/mol. The van der Waals surface area contributed by atoms with Crippen LogP contribution in [-0.2, 0) is 11.2 Å². The van der Waals surface area contributed by atoms with Crippen LogP contribution in [-0.4, -0.2) is 42.5 Å². The number of amides is 2. The van der Waals surface area contributed by atoms with E-state index in [1.165, 1.54) is 5.56 Å². The SMILES string of the molecule is CCc1cccc(OC2CCN(C(=O)CNC(=O)c3ccccc3)CC2)c1. The molecule has 2 aromatic rings. The van der Waals surface area contributed by atoms with Gasteiger partial charge in [-0.15, -0.1) is 0 Å². The number of piperidine rings is 1. The Morgan fingerprint density at radius 3 is 2.52 bits per heavy atom. The van der Waals surface area contributed by atoms with Crippen LogP contribution >= 0.6 is 0 Å². The summed E-state index contributed by atoms with van der Waals surface area (Å²) >= 11 is 0. The lowest BCUT2D eigenvalue weighted by molar-refractivity contribution is -0.131. The molecule has 1 heterocycles. The van der Waals surface area contributed by atoms with Gasteiger partial charge in [0.1, 0.15) is 11.9 Å². The molecule has 0 radical (unpaired) electrons. The number of nitrogens with zero attached hydrogens (tertiary/aromatic N) is 1. The van der Waals surface area contributed by atoms with Crippen LogP contribution in [0.1, 0.15) is 35.7 Å². The summed E-state index contributed by atoms with van der Waals surface area (Å²) in [6.45, 7) is 3.45. The molecule has 0 aliphatic carbocycles. The van der Waals surface area contributed by atoms with Gasteiger partial charge in [-0.3, -0.25) is 9.59 Å². The maximum Gasteiger partial charge on any atom is 0.251 e. The Morgan fingerprint density at radius 1 is 1.07 bits per heavy atom. The summed E-state index contributed by atoms with van der Waals surface area (Å²) in [6.07, 6.45) is 2.71. The normalized spacial score (nSPS) is 14.6. The van der Waals surface area contributed by atoms with E-state index in [-0.39, 0.29) is 24.5 Å². The number of aryl methyl sites for hydroxylation is 1. The quantitative estimate of drug-likeness (QED) is 0.855. The van der Waals surface area contributed by atoms with Gasteiger partial charge in [0.2, 0.25) is 5.91 Å². The van der Waals surface area contributed by atoms with E-state index < -0.39 is 0 Å². The van der Waals surface area contributed by atoms with Gasteiger partial charge in [-0.25, -0.2) is 0 Å². The fourth-order valence-electron chi connectivity index (χ4n) is 3.21. The highest BCUT2D eigenvalue weighted by molar-refractivity contribution is 5.96. The second-order valence-corrected chi connectivity index (χ2v) is 6.75. The second-order valence-electron chi connectivity index (χ2n) is 6.75. The first kappa shape index (κ1) is 19.0. The lowest BCUT2D eigenvalue weighted by Crippen LogP contribution is -2.46. The van der Waals surface area contributed by atoms with Crippen molar-refractivity contribution in [2.75, 3.05) is 19.6 Å². The van der Waals surface area contributed by atoms with Crippen LogP contribution in [0.15, 0.2) is 54.6 Å². The van der Waals surface area contributed by atoms with Crippen molar-refractivity contribution in [1.29, 1.82) is 0 Å². The molecule has 1 fully saturated rings. The molecule has 1 aliphatic heterocycles. The van der Waals surface area contributed by atoms with Crippen molar-refractivity contribution in [3.05, 3.63) is 65.7 Å². The number of nitrogens with one attached hydrogen (secondary N) is 1. The first-order valence-corrected chi connectivity index (χ1v) is 9.52. The topological polar surface area (TPSA) is 58.6 Å². The van der Waals surface area contributed by atoms with Crippen LogP contribution < -0.4 is 10.1 Å². The summed E-state index contributed by atoms with van der Waals surface area (Å²) in [5.74, 6) is 0.623. The molecule has 5 heteroatoms. The van der Waals surface area contributed by atoms with E-state index in [9.17, 15) is 9.59 Å². The smallest absolute Gasteiger partial charge is 0.251 e. The third-order valence-electron chi connectivity index (χ3n) is 4.84. The third kappa shape index (κ3) is 5.33. The molecule has 2 aromatic carbocycles. The standard InChI is InChI=1S/C22H26N2O3/c1-2-17-7-6-10-20(15-17)27-19-11-13-24(14-12-19)21(25)16-23-22(26)18-8-4-3-5-9-18/h3-10,15,19H,2,11-14,16H2,1H3,(H,23,26). The van der Waals surface area contributed by atoms with Gasteiger partial charge >= 0.3 is 0 Å². The molecule has 142 valence electrons. The van der Waals surface area contributed by atoms with Crippen molar-refractivity contribution in [3.8, 4) is 5.75 Å². The van der Waals surface area contributed by atoms with E-state index in [2.05, 4.69) is 24.4 Å². The molecule has 0 saturated carbocycles. The first-order chi connectivity index (χ1) is 13.2. The molecule has 0 unspecified atom stereocenters. The summed E-state index contributed by atoms with van der Waals surface area (Å²) in [5.41, 5.74) is 1.82. The number of likely N-dealkylation sites (tertiary alicyclic amines) is 1. The van der Waals surface area contributed by atoms with Crippen LogP contribution in [0.2, 0.25) is 0 Å². The second kappa shape index (κ2) is 9.21. The van der Waals surface area contributed by atoms with E-state index in [0.29, 0.717) is 18.7 Å². The summed E-state index contributed by atoms with van der Waals surface area (Å²) in [6, 6.07) is 17.1. The number of benzene rings is 2. The molecule has 27 heavy (non-hydrogen) atoms. The average Bonchev–Trinajstić information content (AvgIpc) is 2.73. The zero-order chi connectivity index (χ0) is 19.1. The van der Waals surface area contributed by atoms with E-state index in [1.807, 2.05) is 18.2 Å².